The fraction of sp³-hybridized carbons (Fsp3) is 0.556. The molecule has 1 aliphatic heterocycles. The molecule has 0 atom stereocenters. The topological polar surface area (TPSA) is 49.2 Å². The lowest BCUT2D eigenvalue weighted by Gasteiger charge is -2.46. The summed E-state index contributed by atoms with van der Waals surface area (Å²) in [7, 11) is 0. The van der Waals surface area contributed by atoms with E-state index in [0.29, 0.717) is 5.69 Å². The predicted molar refractivity (Wildman–Crippen MR) is 50.0 cm³/mol. The van der Waals surface area contributed by atoms with Crippen LogP contribution in [0.2, 0.25) is 0 Å². The standard InChI is InChI=1S/C9H10F3N3O/c1-6-2-3-13-7(14-6)15-4-8(16,5-15)9(10,11)12/h2-3,16H,4-5H2,1H3. The van der Waals surface area contributed by atoms with Gasteiger partial charge in [-0.05, 0) is 13.0 Å². The number of aliphatic hydroxyl groups is 1. The fourth-order valence-corrected chi connectivity index (χ4v) is 1.49. The molecule has 1 saturated heterocycles. The first-order valence-electron chi connectivity index (χ1n) is 4.65. The second-order valence-electron chi connectivity index (χ2n) is 3.88. The largest absolute Gasteiger partial charge is 0.420 e. The molecule has 1 fully saturated rings. The SMILES string of the molecule is Cc1ccnc(N2CC(O)(C(F)(F)F)C2)n1. The van der Waals surface area contributed by atoms with E-state index in [1.165, 1.54) is 11.1 Å². The highest BCUT2D eigenvalue weighted by Crippen LogP contribution is 2.38. The quantitative estimate of drug-likeness (QED) is 0.782. The first-order valence-corrected chi connectivity index (χ1v) is 4.65. The number of rotatable bonds is 1. The van der Waals surface area contributed by atoms with Crippen molar-refractivity contribution >= 4 is 5.95 Å². The van der Waals surface area contributed by atoms with Gasteiger partial charge in [0.15, 0.2) is 5.60 Å². The third-order valence-corrected chi connectivity index (χ3v) is 2.50. The highest BCUT2D eigenvalue weighted by atomic mass is 19.4. The summed E-state index contributed by atoms with van der Waals surface area (Å²) < 4.78 is 37.0. The first-order chi connectivity index (χ1) is 7.32. The molecule has 0 radical (unpaired) electrons. The van der Waals surface area contributed by atoms with Crippen LogP contribution in [-0.4, -0.2) is 39.9 Å². The molecule has 0 saturated carbocycles. The maximum Gasteiger partial charge on any atom is 0.420 e. The fourth-order valence-electron chi connectivity index (χ4n) is 1.49. The lowest BCUT2D eigenvalue weighted by Crippen LogP contribution is -2.69. The van der Waals surface area contributed by atoms with E-state index in [0.717, 1.165) is 0 Å². The summed E-state index contributed by atoms with van der Waals surface area (Å²) >= 11 is 0. The zero-order valence-corrected chi connectivity index (χ0v) is 8.49. The summed E-state index contributed by atoms with van der Waals surface area (Å²) in [6.45, 7) is 0.695. The second-order valence-corrected chi connectivity index (χ2v) is 3.88. The summed E-state index contributed by atoms with van der Waals surface area (Å²) in [6.07, 6.45) is -3.13. The number of β-amino-alcohol motifs (C(OH)–C–C–N with tert-alkyl or cyclic N) is 1. The van der Waals surface area contributed by atoms with Gasteiger partial charge in [0.1, 0.15) is 0 Å². The molecule has 16 heavy (non-hydrogen) atoms. The van der Waals surface area contributed by atoms with Gasteiger partial charge in [-0.15, -0.1) is 0 Å². The van der Waals surface area contributed by atoms with Crippen molar-refractivity contribution in [2.45, 2.75) is 18.7 Å². The van der Waals surface area contributed by atoms with Gasteiger partial charge in [-0.25, -0.2) is 9.97 Å². The van der Waals surface area contributed by atoms with E-state index in [-0.39, 0.29) is 5.95 Å². The number of nitrogens with zero attached hydrogens (tertiary/aromatic N) is 3. The molecule has 0 amide bonds. The van der Waals surface area contributed by atoms with Crippen molar-refractivity contribution in [3.8, 4) is 0 Å². The third-order valence-electron chi connectivity index (χ3n) is 2.50. The molecule has 0 unspecified atom stereocenters. The van der Waals surface area contributed by atoms with Crippen molar-refractivity contribution in [3.63, 3.8) is 0 Å². The maximum atomic E-state index is 12.3. The van der Waals surface area contributed by atoms with Crippen LogP contribution in [0.15, 0.2) is 12.3 Å². The van der Waals surface area contributed by atoms with Crippen LogP contribution in [-0.2, 0) is 0 Å². The van der Waals surface area contributed by atoms with Gasteiger partial charge in [0.2, 0.25) is 5.95 Å². The van der Waals surface area contributed by atoms with E-state index in [2.05, 4.69) is 9.97 Å². The van der Waals surface area contributed by atoms with Gasteiger partial charge in [-0.3, -0.25) is 0 Å². The molecular weight excluding hydrogens is 223 g/mol. The van der Waals surface area contributed by atoms with E-state index >= 15 is 0 Å². The van der Waals surface area contributed by atoms with Crippen molar-refractivity contribution < 1.29 is 18.3 Å². The van der Waals surface area contributed by atoms with Gasteiger partial charge in [0.05, 0.1) is 13.1 Å². The van der Waals surface area contributed by atoms with Crippen molar-refractivity contribution in [2.24, 2.45) is 0 Å². The summed E-state index contributed by atoms with van der Waals surface area (Å²) in [4.78, 5) is 9.12. The van der Waals surface area contributed by atoms with E-state index in [1.807, 2.05) is 0 Å². The monoisotopic (exact) mass is 233 g/mol. The van der Waals surface area contributed by atoms with Crippen LogP contribution >= 0.6 is 0 Å². The molecule has 0 spiro atoms. The third kappa shape index (κ3) is 1.71. The van der Waals surface area contributed by atoms with E-state index in [1.54, 1.807) is 13.0 Å². The average Bonchev–Trinajstić information content (AvgIpc) is 2.11. The van der Waals surface area contributed by atoms with E-state index < -0.39 is 24.9 Å². The Morgan fingerprint density at radius 2 is 2.06 bits per heavy atom. The van der Waals surface area contributed by atoms with Crippen LogP contribution in [0.4, 0.5) is 19.1 Å². The van der Waals surface area contributed by atoms with Gasteiger partial charge in [0, 0.05) is 11.9 Å². The Kier molecular flexibility index (Phi) is 2.30. The Labute approximate surface area is 89.7 Å². The van der Waals surface area contributed by atoms with Gasteiger partial charge in [-0.2, -0.15) is 13.2 Å². The molecule has 4 nitrogen and oxygen atoms in total. The average molecular weight is 233 g/mol. The van der Waals surface area contributed by atoms with Crippen LogP contribution in [0.3, 0.4) is 0 Å². The predicted octanol–water partition coefficient (Wildman–Crippen LogP) is 0.898. The Morgan fingerprint density at radius 1 is 1.44 bits per heavy atom. The van der Waals surface area contributed by atoms with Gasteiger partial charge >= 0.3 is 6.18 Å². The van der Waals surface area contributed by atoms with Crippen LogP contribution in [0, 0.1) is 6.92 Å². The molecule has 2 rings (SSSR count). The Hall–Kier alpha value is -1.37. The zero-order valence-electron chi connectivity index (χ0n) is 8.49. The molecule has 7 heteroatoms. The van der Waals surface area contributed by atoms with Crippen molar-refractivity contribution in [1.82, 2.24) is 9.97 Å². The number of aryl methyl sites for hydroxylation is 1. The second kappa shape index (κ2) is 3.31. The summed E-state index contributed by atoms with van der Waals surface area (Å²) in [6, 6.07) is 1.65. The van der Waals surface area contributed by atoms with Crippen LogP contribution in [0.1, 0.15) is 5.69 Å². The Balaban J connectivity index is 2.09. The number of hydrogen-bond acceptors (Lipinski definition) is 4. The van der Waals surface area contributed by atoms with E-state index in [9.17, 15) is 18.3 Å². The minimum atomic E-state index is -4.60. The zero-order chi connectivity index (χ0) is 12.0. The molecule has 1 N–H and O–H groups in total. The first kappa shape index (κ1) is 11.1. The minimum absolute atomic E-state index is 0.217. The molecule has 0 aliphatic carbocycles. The Bertz CT molecular complexity index is 401. The maximum absolute atomic E-state index is 12.3. The number of halogens is 3. The smallest absolute Gasteiger partial charge is 0.378 e. The van der Waals surface area contributed by atoms with Crippen molar-refractivity contribution in [3.05, 3.63) is 18.0 Å². The summed E-state index contributed by atoms with van der Waals surface area (Å²) in [5.74, 6) is 0.217. The molecule has 1 aromatic rings. The molecule has 0 aromatic carbocycles. The molecule has 1 aliphatic rings. The van der Waals surface area contributed by atoms with Crippen LogP contribution in [0.25, 0.3) is 0 Å². The normalized spacial score (nSPS) is 19.4. The number of aromatic nitrogens is 2. The van der Waals surface area contributed by atoms with Crippen molar-refractivity contribution in [1.29, 1.82) is 0 Å². The van der Waals surface area contributed by atoms with Crippen LogP contribution in [0.5, 0.6) is 0 Å². The van der Waals surface area contributed by atoms with E-state index in [4.69, 9.17) is 0 Å². The molecule has 0 bridgehead atoms. The minimum Gasteiger partial charge on any atom is -0.378 e. The highest BCUT2D eigenvalue weighted by molar-refractivity contribution is 5.38. The number of anilines is 1. The lowest BCUT2D eigenvalue weighted by molar-refractivity contribution is -0.267. The molecule has 88 valence electrons. The molecule has 1 aromatic heterocycles. The summed E-state index contributed by atoms with van der Waals surface area (Å²) in [5, 5.41) is 9.23. The summed E-state index contributed by atoms with van der Waals surface area (Å²) in [5.41, 5.74) is -1.95. The molecular formula is C9H10F3N3O. The van der Waals surface area contributed by atoms with Gasteiger partial charge < -0.3 is 10.0 Å². The van der Waals surface area contributed by atoms with Crippen LogP contribution < -0.4 is 4.90 Å². The highest BCUT2D eigenvalue weighted by Gasteiger charge is 2.61. The van der Waals surface area contributed by atoms with Gasteiger partial charge in [0.25, 0.3) is 0 Å². The van der Waals surface area contributed by atoms with Crippen molar-refractivity contribution in [2.75, 3.05) is 18.0 Å². The Morgan fingerprint density at radius 3 is 2.56 bits per heavy atom. The number of alkyl halides is 3. The molecule has 2 heterocycles. The number of hydrogen-bond donors (Lipinski definition) is 1. The lowest BCUT2D eigenvalue weighted by atomic mass is 9.94. The van der Waals surface area contributed by atoms with Gasteiger partial charge in [-0.1, -0.05) is 0 Å².